The third-order valence-corrected chi connectivity index (χ3v) is 2.86. The first-order chi connectivity index (χ1) is 8.91. The van der Waals surface area contributed by atoms with E-state index in [2.05, 4.69) is 5.32 Å². The van der Waals surface area contributed by atoms with E-state index in [1.54, 1.807) is 18.2 Å². The zero-order chi connectivity index (χ0) is 14.4. The number of halogens is 2. The summed E-state index contributed by atoms with van der Waals surface area (Å²) in [5.41, 5.74) is 5.34. The van der Waals surface area contributed by atoms with Crippen LogP contribution in [0.15, 0.2) is 24.3 Å². The van der Waals surface area contributed by atoms with E-state index in [1.165, 1.54) is 12.2 Å². The summed E-state index contributed by atoms with van der Waals surface area (Å²) in [6, 6.07) is 4.97. The predicted molar refractivity (Wildman–Crippen MR) is 73.7 cm³/mol. The molecule has 0 aromatic heterocycles. The Morgan fingerprint density at radius 1 is 1.37 bits per heavy atom. The molecular weight excluding hydrogens is 291 g/mol. The smallest absolute Gasteiger partial charge is 0.248 e. The second kappa shape index (κ2) is 7.13. The third-order valence-electron chi connectivity index (χ3n) is 2.20. The van der Waals surface area contributed by atoms with E-state index in [1.807, 2.05) is 0 Å². The lowest BCUT2D eigenvalue weighted by Crippen LogP contribution is -2.39. The van der Waals surface area contributed by atoms with Crippen molar-refractivity contribution < 1.29 is 14.7 Å². The second-order valence-electron chi connectivity index (χ2n) is 3.63. The predicted octanol–water partition coefficient (Wildman–Crippen LogP) is 0.969. The fraction of sp³-hybridized carbons (Fsp3) is 0.167. The van der Waals surface area contributed by atoms with E-state index in [4.69, 9.17) is 34.0 Å². The first kappa shape index (κ1) is 15.5. The van der Waals surface area contributed by atoms with Gasteiger partial charge in [-0.3, -0.25) is 9.59 Å². The molecule has 7 heteroatoms. The molecule has 0 radical (unpaired) electrons. The second-order valence-corrected chi connectivity index (χ2v) is 4.45. The maximum Gasteiger partial charge on any atom is 0.248 e. The van der Waals surface area contributed by atoms with Crippen molar-refractivity contribution in [1.82, 2.24) is 5.32 Å². The first-order valence-corrected chi connectivity index (χ1v) is 6.04. The van der Waals surface area contributed by atoms with Gasteiger partial charge in [0.2, 0.25) is 11.8 Å². The molecule has 1 atom stereocenters. The SMILES string of the molecule is NC(=O)C(O)CNC(=O)/C=C/c1c(Cl)cccc1Cl. The van der Waals surface area contributed by atoms with Crippen molar-refractivity contribution >= 4 is 41.1 Å². The van der Waals surface area contributed by atoms with Crippen LogP contribution in [-0.2, 0) is 9.59 Å². The monoisotopic (exact) mass is 302 g/mol. The van der Waals surface area contributed by atoms with E-state index in [9.17, 15) is 9.59 Å². The maximum atomic E-state index is 11.4. The van der Waals surface area contributed by atoms with Gasteiger partial charge >= 0.3 is 0 Å². The topological polar surface area (TPSA) is 92.4 Å². The summed E-state index contributed by atoms with van der Waals surface area (Å²) in [7, 11) is 0. The van der Waals surface area contributed by atoms with E-state index in [-0.39, 0.29) is 6.54 Å². The molecule has 0 saturated carbocycles. The maximum absolute atomic E-state index is 11.4. The number of aliphatic hydroxyl groups is 1. The number of nitrogens with two attached hydrogens (primary N) is 1. The summed E-state index contributed by atoms with van der Waals surface area (Å²) in [6.07, 6.45) is 1.22. The van der Waals surface area contributed by atoms with Gasteiger partial charge in [0.05, 0.1) is 6.54 Å². The number of aliphatic hydroxyl groups excluding tert-OH is 1. The number of primary amides is 1. The zero-order valence-electron chi connectivity index (χ0n) is 9.77. The summed E-state index contributed by atoms with van der Waals surface area (Å²) < 4.78 is 0. The molecule has 102 valence electrons. The lowest BCUT2D eigenvalue weighted by Gasteiger charge is -2.06. The first-order valence-electron chi connectivity index (χ1n) is 5.29. The number of carbonyl (C=O) groups excluding carboxylic acids is 2. The fourth-order valence-electron chi connectivity index (χ4n) is 1.19. The molecule has 0 saturated heterocycles. The van der Waals surface area contributed by atoms with Gasteiger partial charge in [-0.1, -0.05) is 29.3 Å². The molecule has 2 amide bonds. The molecule has 0 aliphatic heterocycles. The van der Waals surface area contributed by atoms with Crippen LogP contribution in [-0.4, -0.2) is 29.6 Å². The molecule has 0 fully saturated rings. The van der Waals surface area contributed by atoms with Crippen LogP contribution < -0.4 is 11.1 Å². The average molecular weight is 303 g/mol. The van der Waals surface area contributed by atoms with Crippen LogP contribution in [0.1, 0.15) is 5.56 Å². The van der Waals surface area contributed by atoms with Gasteiger partial charge in [0.15, 0.2) is 0 Å². The van der Waals surface area contributed by atoms with Crippen LogP contribution >= 0.6 is 23.2 Å². The summed E-state index contributed by atoms with van der Waals surface area (Å²) in [4.78, 5) is 22.0. The quantitative estimate of drug-likeness (QED) is 0.708. The Hall–Kier alpha value is -1.56. The summed E-state index contributed by atoms with van der Waals surface area (Å²) >= 11 is 11.8. The van der Waals surface area contributed by atoms with Crippen LogP contribution in [0, 0.1) is 0 Å². The van der Waals surface area contributed by atoms with Crippen molar-refractivity contribution in [2.75, 3.05) is 6.54 Å². The van der Waals surface area contributed by atoms with E-state index >= 15 is 0 Å². The highest BCUT2D eigenvalue weighted by Gasteiger charge is 2.11. The molecule has 1 unspecified atom stereocenters. The summed E-state index contributed by atoms with van der Waals surface area (Å²) in [5, 5.41) is 12.2. The third kappa shape index (κ3) is 4.90. The molecule has 1 rings (SSSR count). The standard InChI is InChI=1S/C12H12Cl2N2O3/c13-8-2-1-3-9(14)7(8)4-5-11(18)16-6-10(17)12(15)19/h1-5,10,17H,6H2,(H2,15,19)(H,16,18)/b5-4+. The normalized spacial score (nSPS) is 12.4. The van der Waals surface area contributed by atoms with Gasteiger partial charge in [0.25, 0.3) is 0 Å². The van der Waals surface area contributed by atoms with Crippen molar-refractivity contribution in [3.8, 4) is 0 Å². The minimum absolute atomic E-state index is 0.255. The number of rotatable bonds is 5. The Kier molecular flexibility index (Phi) is 5.82. The summed E-state index contributed by atoms with van der Waals surface area (Å²) in [6.45, 7) is -0.255. The van der Waals surface area contributed by atoms with Gasteiger partial charge in [0.1, 0.15) is 6.10 Å². The van der Waals surface area contributed by atoms with Crippen molar-refractivity contribution in [1.29, 1.82) is 0 Å². The minimum atomic E-state index is -1.42. The Labute approximate surface area is 120 Å². The molecule has 0 aliphatic carbocycles. The van der Waals surface area contributed by atoms with Crippen LogP contribution in [0.2, 0.25) is 10.0 Å². The van der Waals surface area contributed by atoms with Gasteiger partial charge in [-0.25, -0.2) is 0 Å². The number of hydrogen-bond acceptors (Lipinski definition) is 3. The number of benzene rings is 1. The molecular formula is C12H12Cl2N2O3. The Morgan fingerprint density at radius 3 is 2.47 bits per heavy atom. The highest BCUT2D eigenvalue weighted by atomic mass is 35.5. The number of carbonyl (C=O) groups is 2. The van der Waals surface area contributed by atoms with Crippen LogP contribution in [0.3, 0.4) is 0 Å². The molecule has 1 aromatic carbocycles. The number of amides is 2. The lowest BCUT2D eigenvalue weighted by atomic mass is 10.2. The highest BCUT2D eigenvalue weighted by Crippen LogP contribution is 2.25. The van der Waals surface area contributed by atoms with Crippen molar-refractivity contribution in [2.24, 2.45) is 5.73 Å². The molecule has 5 nitrogen and oxygen atoms in total. The Balaban J connectivity index is 2.62. The Morgan fingerprint density at radius 2 is 1.95 bits per heavy atom. The van der Waals surface area contributed by atoms with Gasteiger partial charge in [-0.05, 0) is 18.2 Å². The molecule has 4 N–H and O–H groups in total. The van der Waals surface area contributed by atoms with Gasteiger partial charge in [-0.15, -0.1) is 0 Å². The molecule has 0 bridgehead atoms. The highest BCUT2D eigenvalue weighted by molar-refractivity contribution is 6.37. The Bertz CT molecular complexity index is 497. The largest absolute Gasteiger partial charge is 0.381 e. The fourth-order valence-corrected chi connectivity index (χ4v) is 1.71. The van der Waals surface area contributed by atoms with Crippen LogP contribution in [0.4, 0.5) is 0 Å². The van der Waals surface area contributed by atoms with Crippen LogP contribution in [0.5, 0.6) is 0 Å². The molecule has 0 heterocycles. The van der Waals surface area contributed by atoms with Crippen molar-refractivity contribution in [3.05, 3.63) is 39.9 Å². The van der Waals surface area contributed by atoms with E-state index in [0.29, 0.717) is 15.6 Å². The number of hydrogen-bond donors (Lipinski definition) is 3. The van der Waals surface area contributed by atoms with Crippen molar-refractivity contribution in [2.45, 2.75) is 6.10 Å². The van der Waals surface area contributed by atoms with E-state index < -0.39 is 17.9 Å². The number of nitrogens with one attached hydrogen (secondary N) is 1. The van der Waals surface area contributed by atoms with Gasteiger partial charge in [-0.2, -0.15) is 0 Å². The zero-order valence-corrected chi connectivity index (χ0v) is 11.3. The average Bonchev–Trinajstić information content (AvgIpc) is 2.35. The van der Waals surface area contributed by atoms with Gasteiger partial charge in [0, 0.05) is 21.7 Å². The van der Waals surface area contributed by atoms with Crippen LogP contribution in [0.25, 0.3) is 6.08 Å². The molecule has 1 aromatic rings. The van der Waals surface area contributed by atoms with E-state index in [0.717, 1.165) is 0 Å². The summed E-state index contributed by atoms with van der Waals surface area (Å²) in [5.74, 6) is -1.41. The van der Waals surface area contributed by atoms with Crippen molar-refractivity contribution in [3.63, 3.8) is 0 Å². The molecule has 0 spiro atoms. The lowest BCUT2D eigenvalue weighted by molar-refractivity contribution is -0.126. The molecule has 0 aliphatic rings. The molecule has 19 heavy (non-hydrogen) atoms. The minimum Gasteiger partial charge on any atom is -0.381 e. The van der Waals surface area contributed by atoms with Gasteiger partial charge < -0.3 is 16.2 Å².